The van der Waals surface area contributed by atoms with Crippen molar-refractivity contribution in [3.05, 3.63) is 35.1 Å². The third-order valence-corrected chi connectivity index (χ3v) is 3.01. The third kappa shape index (κ3) is 3.27. The molecular formula is C13H16FNO2. The summed E-state index contributed by atoms with van der Waals surface area (Å²) in [7, 11) is 0. The number of nitrogens with zero attached hydrogens (tertiary/aromatic N) is 1. The van der Waals surface area contributed by atoms with Gasteiger partial charge in [0.1, 0.15) is 5.82 Å². The molecule has 1 aromatic carbocycles. The summed E-state index contributed by atoms with van der Waals surface area (Å²) in [5.74, 6) is -1.03. The third-order valence-electron chi connectivity index (χ3n) is 3.01. The zero-order valence-corrected chi connectivity index (χ0v) is 9.82. The number of hydrogen-bond acceptors (Lipinski definition) is 2. The molecule has 1 aliphatic rings. The molecule has 0 bridgehead atoms. The van der Waals surface area contributed by atoms with Crippen molar-refractivity contribution in [2.24, 2.45) is 0 Å². The maximum absolute atomic E-state index is 13.1. The Hall–Kier alpha value is -1.42. The molecule has 0 radical (unpaired) electrons. The summed E-state index contributed by atoms with van der Waals surface area (Å²) in [4.78, 5) is 12.7. The lowest BCUT2D eigenvalue weighted by Crippen LogP contribution is -2.31. The van der Waals surface area contributed by atoms with E-state index in [0.717, 1.165) is 18.4 Å². The molecule has 0 heterocycles. The van der Waals surface area contributed by atoms with Crippen molar-refractivity contribution < 1.29 is 14.3 Å². The van der Waals surface area contributed by atoms with Crippen molar-refractivity contribution in [1.82, 2.24) is 4.90 Å². The maximum Gasteiger partial charge on any atom is 0.317 e. The lowest BCUT2D eigenvalue weighted by atomic mass is 10.1. The highest BCUT2D eigenvalue weighted by atomic mass is 19.1. The molecule has 92 valence electrons. The van der Waals surface area contributed by atoms with Crippen LogP contribution in [-0.2, 0) is 11.3 Å². The van der Waals surface area contributed by atoms with Crippen LogP contribution in [0.1, 0.15) is 24.0 Å². The Morgan fingerprint density at radius 1 is 1.53 bits per heavy atom. The van der Waals surface area contributed by atoms with E-state index in [2.05, 4.69) is 0 Å². The smallest absolute Gasteiger partial charge is 0.317 e. The number of carboxylic acid groups (broad SMARTS) is 1. The number of halogens is 1. The zero-order chi connectivity index (χ0) is 12.4. The van der Waals surface area contributed by atoms with Gasteiger partial charge in [0.2, 0.25) is 0 Å². The van der Waals surface area contributed by atoms with Crippen LogP contribution in [0.3, 0.4) is 0 Å². The van der Waals surface area contributed by atoms with E-state index in [4.69, 9.17) is 5.11 Å². The van der Waals surface area contributed by atoms with Crippen LogP contribution in [0.2, 0.25) is 0 Å². The van der Waals surface area contributed by atoms with Gasteiger partial charge in [-0.3, -0.25) is 9.69 Å². The molecular weight excluding hydrogens is 221 g/mol. The van der Waals surface area contributed by atoms with E-state index in [1.807, 2.05) is 4.90 Å². The highest BCUT2D eigenvalue weighted by Crippen LogP contribution is 2.28. The molecule has 2 rings (SSSR count). The Morgan fingerprint density at radius 3 is 2.76 bits per heavy atom. The monoisotopic (exact) mass is 237 g/mol. The van der Waals surface area contributed by atoms with Gasteiger partial charge >= 0.3 is 5.97 Å². The van der Waals surface area contributed by atoms with Gasteiger partial charge in [-0.25, -0.2) is 4.39 Å². The van der Waals surface area contributed by atoms with E-state index in [1.54, 1.807) is 19.1 Å². The molecule has 1 fully saturated rings. The minimum absolute atomic E-state index is 0.0566. The maximum atomic E-state index is 13.1. The standard InChI is InChI=1S/C13H16FNO2/c1-9-6-10(2-5-12(9)14)7-15(8-13(16)17)11-3-4-11/h2,5-6,11H,3-4,7-8H2,1H3,(H,16,17). The molecule has 1 aromatic rings. The van der Waals surface area contributed by atoms with E-state index in [9.17, 15) is 9.18 Å². The molecule has 0 aromatic heterocycles. The highest BCUT2D eigenvalue weighted by molar-refractivity contribution is 5.69. The molecule has 0 amide bonds. The van der Waals surface area contributed by atoms with Crippen molar-refractivity contribution in [2.45, 2.75) is 32.4 Å². The van der Waals surface area contributed by atoms with Crippen LogP contribution in [0.4, 0.5) is 4.39 Å². The number of carboxylic acids is 1. The highest BCUT2D eigenvalue weighted by Gasteiger charge is 2.30. The first kappa shape index (κ1) is 12.0. The fourth-order valence-corrected chi connectivity index (χ4v) is 1.97. The van der Waals surface area contributed by atoms with Crippen LogP contribution in [0, 0.1) is 12.7 Å². The molecule has 1 N–H and O–H groups in total. The molecule has 0 atom stereocenters. The van der Waals surface area contributed by atoms with E-state index < -0.39 is 5.97 Å². The van der Waals surface area contributed by atoms with Crippen molar-refractivity contribution in [3.63, 3.8) is 0 Å². The second-order valence-electron chi connectivity index (χ2n) is 4.61. The van der Waals surface area contributed by atoms with E-state index >= 15 is 0 Å². The summed E-state index contributed by atoms with van der Waals surface area (Å²) in [6, 6.07) is 5.33. The molecule has 4 heteroatoms. The second-order valence-corrected chi connectivity index (χ2v) is 4.61. The number of aliphatic carboxylic acids is 1. The number of rotatable bonds is 5. The fraction of sp³-hybridized carbons (Fsp3) is 0.462. The molecule has 17 heavy (non-hydrogen) atoms. The lowest BCUT2D eigenvalue weighted by Gasteiger charge is -2.19. The van der Waals surface area contributed by atoms with Gasteiger partial charge in [0.05, 0.1) is 6.54 Å². The summed E-state index contributed by atoms with van der Waals surface area (Å²) >= 11 is 0. The predicted molar refractivity (Wildman–Crippen MR) is 62.2 cm³/mol. The Bertz CT molecular complexity index is 429. The number of carbonyl (C=O) groups is 1. The summed E-state index contributed by atoms with van der Waals surface area (Å²) in [5.41, 5.74) is 1.57. The minimum Gasteiger partial charge on any atom is -0.480 e. The van der Waals surface area contributed by atoms with Crippen LogP contribution >= 0.6 is 0 Å². The Kier molecular flexibility index (Phi) is 3.43. The van der Waals surface area contributed by atoms with Crippen LogP contribution < -0.4 is 0 Å². The van der Waals surface area contributed by atoms with Gasteiger partial charge in [-0.1, -0.05) is 12.1 Å². The summed E-state index contributed by atoms with van der Waals surface area (Å²) < 4.78 is 13.1. The second kappa shape index (κ2) is 4.84. The summed E-state index contributed by atoms with van der Waals surface area (Å²) in [5, 5.41) is 8.84. The van der Waals surface area contributed by atoms with E-state index in [0.29, 0.717) is 18.2 Å². The summed E-state index contributed by atoms with van der Waals surface area (Å²) in [6.07, 6.45) is 2.13. The van der Waals surface area contributed by atoms with Crippen molar-refractivity contribution in [2.75, 3.05) is 6.54 Å². The SMILES string of the molecule is Cc1cc(CN(CC(=O)O)C2CC2)ccc1F. The van der Waals surface area contributed by atoms with Gasteiger partial charge in [-0.2, -0.15) is 0 Å². The summed E-state index contributed by atoms with van der Waals surface area (Å²) in [6.45, 7) is 2.36. The van der Waals surface area contributed by atoms with Crippen LogP contribution in [0.15, 0.2) is 18.2 Å². The van der Waals surface area contributed by atoms with Gasteiger partial charge in [0.15, 0.2) is 0 Å². The Labute approximate surface area is 99.9 Å². The Balaban J connectivity index is 2.06. The van der Waals surface area contributed by atoms with Crippen molar-refractivity contribution in [1.29, 1.82) is 0 Å². The quantitative estimate of drug-likeness (QED) is 0.853. The predicted octanol–water partition coefficient (Wildman–Crippen LogP) is 2.18. The topological polar surface area (TPSA) is 40.5 Å². The first-order valence-electron chi connectivity index (χ1n) is 5.77. The average molecular weight is 237 g/mol. The van der Waals surface area contributed by atoms with Crippen LogP contribution in [0.5, 0.6) is 0 Å². The fourth-order valence-electron chi connectivity index (χ4n) is 1.97. The average Bonchev–Trinajstić information content (AvgIpc) is 3.05. The minimum atomic E-state index is -0.810. The number of aryl methyl sites for hydroxylation is 1. The molecule has 0 saturated heterocycles. The molecule has 1 aliphatic carbocycles. The number of benzene rings is 1. The Morgan fingerprint density at radius 2 is 2.24 bits per heavy atom. The van der Waals surface area contributed by atoms with Gasteiger partial charge in [0, 0.05) is 12.6 Å². The largest absolute Gasteiger partial charge is 0.480 e. The molecule has 0 spiro atoms. The van der Waals surface area contributed by atoms with Gasteiger partial charge in [-0.15, -0.1) is 0 Å². The van der Waals surface area contributed by atoms with Gasteiger partial charge < -0.3 is 5.11 Å². The van der Waals surface area contributed by atoms with E-state index in [-0.39, 0.29) is 12.4 Å². The molecule has 0 aliphatic heterocycles. The van der Waals surface area contributed by atoms with Crippen molar-refractivity contribution in [3.8, 4) is 0 Å². The molecule has 1 saturated carbocycles. The van der Waals surface area contributed by atoms with Crippen LogP contribution in [0.25, 0.3) is 0 Å². The zero-order valence-electron chi connectivity index (χ0n) is 9.82. The first-order valence-corrected chi connectivity index (χ1v) is 5.77. The first-order chi connectivity index (χ1) is 8.06. The lowest BCUT2D eigenvalue weighted by molar-refractivity contribution is -0.138. The van der Waals surface area contributed by atoms with Gasteiger partial charge in [0.25, 0.3) is 0 Å². The van der Waals surface area contributed by atoms with Crippen molar-refractivity contribution >= 4 is 5.97 Å². The molecule has 0 unspecified atom stereocenters. The normalized spacial score (nSPS) is 15.2. The van der Waals surface area contributed by atoms with Crippen LogP contribution in [-0.4, -0.2) is 28.6 Å². The van der Waals surface area contributed by atoms with E-state index in [1.165, 1.54) is 6.07 Å². The van der Waals surface area contributed by atoms with Gasteiger partial charge in [-0.05, 0) is 37.0 Å². The molecule has 3 nitrogen and oxygen atoms in total. The number of hydrogen-bond donors (Lipinski definition) is 1.